The Morgan fingerprint density at radius 2 is 1.91 bits per heavy atom. The fourth-order valence-corrected chi connectivity index (χ4v) is 5.39. The molecule has 0 aliphatic carbocycles. The molecule has 2 aromatic carbocycles. The van der Waals surface area contributed by atoms with E-state index >= 15 is 0 Å². The minimum absolute atomic E-state index is 0.168. The summed E-state index contributed by atoms with van der Waals surface area (Å²) >= 11 is 7.56. The highest BCUT2D eigenvalue weighted by Gasteiger charge is 2.49. The summed E-state index contributed by atoms with van der Waals surface area (Å²) in [5, 5.41) is 6.73. The zero-order valence-electron chi connectivity index (χ0n) is 17.8. The molecule has 1 atom stereocenters. The van der Waals surface area contributed by atoms with Crippen LogP contribution in [0.3, 0.4) is 0 Å². The third-order valence-electron chi connectivity index (χ3n) is 6.10. The fraction of sp³-hybridized carbons (Fsp3) is 0.200. The number of carbonyl (C=O) groups excluding carboxylic acids is 2. The second-order valence-corrected chi connectivity index (χ2v) is 9.64. The van der Waals surface area contributed by atoms with E-state index < -0.39 is 5.54 Å². The average molecular weight is 464 g/mol. The van der Waals surface area contributed by atoms with E-state index in [-0.39, 0.29) is 11.8 Å². The molecule has 7 heteroatoms. The van der Waals surface area contributed by atoms with Crippen molar-refractivity contribution in [2.75, 3.05) is 4.90 Å². The quantitative estimate of drug-likeness (QED) is 0.440. The minimum Gasteiger partial charge on any atom is -0.350 e. The average Bonchev–Trinajstić information content (AvgIpc) is 3.37. The van der Waals surface area contributed by atoms with Gasteiger partial charge in [0.05, 0.1) is 6.54 Å². The van der Waals surface area contributed by atoms with Gasteiger partial charge in [0.25, 0.3) is 5.91 Å². The summed E-state index contributed by atoms with van der Waals surface area (Å²) in [5.41, 5.74) is 2.15. The Labute approximate surface area is 195 Å². The van der Waals surface area contributed by atoms with Crippen molar-refractivity contribution in [3.05, 3.63) is 87.9 Å². The Balaban J connectivity index is 1.57. The van der Waals surface area contributed by atoms with Crippen molar-refractivity contribution in [3.8, 4) is 0 Å². The molecule has 0 radical (unpaired) electrons. The molecule has 1 N–H and O–H groups in total. The van der Waals surface area contributed by atoms with Gasteiger partial charge in [-0.25, -0.2) is 0 Å². The molecule has 1 aliphatic rings. The number of aryl methyl sites for hydroxylation is 1. The van der Waals surface area contributed by atoms with Gasteiger partial charge in [0, 0.05) is 22.6 Å². The molecule has 5 rings (SSSR count). The molecule has 0 spiro atoms. The summed E-state index contributed by atoms with van der Waals surface area (Å²) in [4.78, 5) is 30.1. The van der Waals surface area contributed by atoms with Crippen LogP contribution in [0.2, 0.25) is 5.02 Å². The second kappa shape index (κ2) is 7.80. The van der Waals surface area contributed by atoms with E-state index in [1.165, 1.54) is 0 Å². The molecule has 2 amide bonds. The maximum Gasteiger partial charge on any atom is 0.275 e. The molecule has 0 bridgehead atoms. The maximum absolute atomic E-state index is 13.8. The number of hydrogen-bond donors (Lipinski definition) is 1. The summed E-state index contributed by atoms with van der Waals surface area (Å²) in [6.07, 6.45) is 0. The standard InChI is InChI=1S/C25H22ClN3O2S/c1-16-5-3-4-6-20(16)29-22(30)21-13-18-11-12-32-23(18)28(21)15-25(29,2)24(31)27-14-17-7-9-19(26)10-8-17/h3-13H,14-15H2,1-2H3,(H,27,31). The van der Waals surface area contributed by atoms with Crippen molar-refractivity contribution in [2.45, 2.75) is 32.5 Å². The van der Waals surface area contributed by atoms with E-state index in [1.807, 2.05) is 72.3 Å². The van der Waals surface area contributed by atoms with Gasteiger partial charge < -0.3 is 9.88 Å². The fourth-order valence-electron chi connectivity index (χ4n) is 4.36. The van der Waals surface area contributed by atoms with Crippen LogP contribution in [0.1, 0.15) is 28.5 Å². The molecule has 3 heterocycles. The summed E-state index contributed by atoms with van der Waals surface area (Å²) in [6, 6.07) is 19.0. The Hall–Kier alpha value is -3.09. The molecule has 4 aromatic rings. The highest BCUT2D eigenvalue weighted by Crippen LogP contribution is 2.38. The number of para-hydroxylation sites is 1. The van der Waals surface area contributed by atoms with Crippen LogP contribution in [0.25, 0.3) is 10.2 Å². The maximum atomic E-state index is 13.8. The van der Waals surface area contributed by atoms with Gasteiger partial charge in [-0.15, -0.1) is 11.3 Å². The third kappa shape index (κ3) is 3.31. The molecule has 1 aliphatic heterocycles. The van der Waals surface area contributed by atoms with Crippen molar-refractivity contribution in [1.29, 1.82) is 0 Å². The van der Waals surface area contributed by atoms with Crippen LogP contribution >= 0.6 is 22.9 Å². The number of amides is 2. The third-order valence-corrected chi connectivity index (χ3v) is 7.30. The molecule has 5 nitrogen and oxygen atoms in total. The lowest BCUT2D eigenvalue weighted by Crippen LogP contribution is -2.64. The molecular weight excluding hydrogens is 442 g/mol. The van der Waals surface area contributed by atoms with Crippen LogP contribution in [0.15, 0.2) is 66.0 Å². The predicted octanol–water partition coefficient (Wildman–Crippen LogP) is 5.40. The topological polar surface area (TPSA) is 54.3 Å². The first kappa shape index (κ1) is 20.8. The van der Waals surface area contributed by atoms with Crippen LogP contribution in [0, 0.1) is 6.92 Å². The van der Waals surface area contributed by atoms with Gasteiger partial charge in [0.15, 0.2) is 0 Å². The largest absolute Gasteiger partial charge is 0.350 e. The molecule has 2 aromatic heterocycles. The van der Waals surface area contributed by atoms with Crippen molar-refractivity contribution in [1.82, 2.24) is 9.88 Å². The monoisotopic (exact) mass is 463 g/mol. The van der Waals surface area contributed by atoms with Gasteiger partial charge in [0.2, 0.25) is 5.91 Å². The number of aromatic nitrogens is 1. The summed E-state index contributed by atoms with van der Waals surface area (Å²) < 4.78 is 1.99. The predicted molar refractivity (Wildman–Crippen MR) is 130 cm³/mol. The number of benzene rings is 2. The van der Waals surface area contributed by atoms with Crippen molar-refractivity contribution in [2.24, 2.45) is 0 Å². The number of fused-ring (bicyclic) bond motifs is 3. The van der Waals surface area contributed by atoms with Gasteiger partial charge in [-0.3, -0.25) is 14.5 Å². The van der Waals surface area contributed by atoms with E-state index in [2.05, 4.69) is 5.32 Å². The molecule has 0 fully saturated rings. The lowest BCUT2D eigenvalue weighted by molar-refractivity contribution is -0.126. The number of hydrogen-bond acceptors (Lipinski definition) is 3. The number of rotatable bonds is 4. The Kier molecular flexibility index (Phi) is 5.07. The van der Waals surface area contributed by atoms with Crippen molar-refractivity contribution < 1.29 is 9.59 Å². The number of halogens is 1. The van der Waals surface area contributed by atoms with Crippen LogP contribution < -0.4 is 10.2 Å². The van der Waals surface area contributed by atoms with Crippen LogP contribution in [-0.4, -0.2) is 21.9 Å². The SMILES string of the molecule is Cc1ccccc1N1C(=O)c2cc3ccsc3n2CC1(C)C(=O)NCc1ccc(Cl)cc1. The Bertz CT molecular complexity index is 1340. The Morgan fingerprint density at radius 1 is 1.16 bits per heavy atom. The number of anilines is 1. The van der Waals surface area contributed by atoms with E-state index in [1.54, 1.807) is 28.4 Å². The van der Waals surface area contributed by atoms with Crippen LogP contribution in [0.4, 0.5) is 5.69 Å². The van der Waals surface area contributed by atoms with Gasteiger partial charge in [-0.05, 0) is 60.7 Å². The van der Waals surface area contributed by atoms with Gasteiger partial charge in [-0.1, -0.05) is 41.9 Å². The number of thiophene rings is 1. The normalized spacial score (nSPS) is 18.1. The summed E-state index contributed by atoms with van der Waals surface area (Å²) in [6.45, 7) is 4.53. The van der Waals surface area contributed by atoms with E-state index in [9.17, 15) is 9.59 Å². The smallest absolute Gasteiger partial charge is 0.275 e. The number of nitrogens with one attached hydrogen (secondary N) is 1. The van der Waals surface area contributed by atoms with Crippen LogP contribution in [-0.2, 0) is 17.9 Å². The number of carbonyl (C=O) groups is 2. The lowest BCUT2D eigenvalue weighted by Gasteiger charge is -2.44. The zero-order valence-corrected chi connectivity index (χ0v) is 19.3. The molecule has 162 valence electrons. The first-order chi connectivity index (χ1) is 15.4. The zero-order chi connectivity index (χ0) is 22.5. The first-order valence-electron chi connectivity index (χ1n) is 10.4. The summed E-state index contributed by atoms with van der Waals surface area (Å²) in [7, 11) is 0. The molecule has 32 heavy (non-hydrogen) atoms. The van der Waals surface area contributed by atoms with E-state index in [0.29, 0.717) is 23.8 Å². The van der Waals surface area contributed by atoms with Crippen molar-refractivity contribution >= 4 is 50.7 Å². The van der Waals surface area contributed by atoms with Gasteiger partial charge in [-0.2, -0.15) is 0 Å². The first-order valence-corrected chi connectivity index (χ1v) is 11.6. The molecule has 1 unspecified atom stereocenters. The lowest BCUT2D eigenvalue weighted by atomic mass is 9.93. The molecular formula is C25H22ClN3O2S. The Morgan fingerprint density at radius 3 is 2.66 bits per heavy atom. The minimum atomic E-state index is -1.10. The van der Waals surface area contributed by atoms with Crippen LogP contribution in [0.5, 0.6) is 0 Å². The second-order valence-electron chi connectivity index (χ2n) is 8.31. The highest BCUT2D eigenvalue weighted by molar-refractivity contribution is 7.16. The molecule has 0 saturated carbocycles. The van der Waals surface area contributed by atoms with E-state index in [0.717, 1.165) is 27.0 Å². The summed E-state index contributed by atoms with van der Waals surface area (Å²) in [5.74, 6) is -0.369. The van der Waals surface area contributed by atoms with Crippen molar-refractivity contribution in [3.63, 3.8) is 0 Å². The molecule has 0 saturated heterocycles. The van der Waals surface area contributed by atoms with Gasteiger partial charge >= 0.3 is 0 Å². The highest BCUT2D eigenvalue weighted by atomic mass is 35.5. The van der Waals surface area contributed by atoms with Gasteiger partial charge in [0.1, 0.15) is 16.1 Å². The van der Waals surface area contributed by atoms with E-state index in [4.69, 9.17) is 11.6 Å². The number of nitrogens with zero attached hydrogens (tertiary/aromatic N) is 2.